The van der Waals surface area contributed by atoms with Gasteiger partial charge in [0, 0.05) is 4.88 Å². The van der Waals surface area contributed by atoms with E-state index in [0.29, 0.717) is 6.42 Å². The quantitative estimate of drug-likeness (QED) is 0.741. The Kier molecular flexibility index (Phi) is 3.25. The third-order valence-electron chi connectivity index (χ3n) is 1.53. The molecule has 0 spiro atoms. The van der Waals surface area contributed by atoms with E-state index in [4.69, 9.17) is 10.2 Å². The van der Waals surface area contributed by atoms with Crippen LogP contribution in [0.2, 0.25) is 0 Å². The van der Waals surface area contributed by atoms with Gasteiger partial charge in [0.1, 0.15) is 0 Å². The zero-order valence-electron chi connectivity index (χ0n) is 6.43. The molecule has 0 aliphatic heterocycles. The van der Waals surface area contributed by atoms with Crippen molar-refractivity contribution in [2.75, 3.05) is 0 Å². The lowest BCUT2D eigenvalue weighted by Crippen LogP contribution is -2.19. The predicted octanol–water partition coefficient (Wildman–Crippen LogP) is 1.13. The van der Waals surface area contributed by atoms with Gasteiger partial charge >= 0.3 is 5.97 Å². The van der Waals surface area contributed by atoms with Crippen LogP contribution in [0.3, 0.4) is 0 Å². The predicted molar refractivity (Wildman–Crippen MR) is 46.3 cm³/mol. The standard InChI is InChI=1S/C8H10O3S/c9-7(8(10)11)4-3-6-2-1-5-12-6/h1-2,5,7,9H,3-4H2,(H,10,11). The van der Waals surface area contributed by atoms with Crippen LogP contribution in [-0.4, -0.2) is 22.3 Å². The minimum atomic E-state index is -1.23. The summed E-state index contributed by atoms with van der Waals surface area (Å²) in [5.41, 5.74) is 0. The van der Waals surface area contributed by atoms with Gasteiger partial charge < -0.3 is 10.2 Å². The number of aliphatic hydroxyl groups is 1. The maximum absolute atomic E-state index is 10.2. The third kappa shape index (κ3) is 2.64. The first kappa shape index (κ1) is 9.22. The number of aryl methyl sites for hydroxylation is 1. The molecule has 1 heterocycles. The summed E-state index contributed by atoms with van der Waals surface area (Å²) in [5, 5.41) is 19.2. The Morgan fingerprint density at radius 1 is 1.67 bits per heavy atom. The van der Waals surface area contributed by atoms with Gasteiger partial charge in [-0.2, -0.15) is 0 Å². The number of hydrogen-bond donors (Lipinski definition) is 2. The number of carbonyl (C=O) groups is 1. The minimum absolute atomic E-state index is 0.288. The highest BCUT2D eigenvalue weighted by Gasteiger charge is 2.12. The Morgan fingerprint density at radius 3 is 2.92 bits per heavy atom. The first-order chi connectivity index (χ1) is 5.70. The number of aliphatic hydroxyl groups excluding tert-OH is 1. The highest BCUT2D eigenvalue weighted by molar-refractivity contribution is 7.09. The molecular weight excluding hydrogens is 176 g/mol. The summed E-state index contributed by atoms with van der Waals surface area (Å²) in [6.45, 7) is 0. The molecule has 0 aliphatic rings. The molecule has 3 nitrogen and oxygen atoms in total. The van der Waals surface area contributed by atoms with E-state index in [2.05, 4.69) is 0 Å². The van der Waals surface area contributed by atoms with E-state index in [1.807, 2.05) is 17.5 Å². The Bertz CT molecular complexity index is 243. The Morgan fingerprint density at radius 2 is 2.42 bits per heavy atom. The molecule has 0 bridgehead atoms. The molecule has 1 rings (SSSR count). The van der Waals surface area contributed by atoms with Gasteiger partial charge in [-0.05, 0) is 24.3 Å². The van der Waals surface area contributed by atoms with Crippen molar-refractivity contribution in [3.05, 3.63) is 22.4 Å². The van der Waals surface area contributed by atoms with E-state index in [9.17, 15) is 4.79 Å². The van der Waals surface area contributed by atoms with E-state index < -0.39 is 12.1 Å². The Balaban J connectivity index is 2.31. The van der Waals surface area contributed by atoms with Gasteiger partial charge in [-0.3, -0.25) is 0 Å². The van der Waals surface area contributed by atoms with E-state index in [1.165, 1.54) is 0 Å². The molecule has 0 aliphatic carbocycles. The number of rotatable bonds is 4. The second-order valence-electron chi connectivity index (χ2n) is 2.47. The molecule has 12 heavy (non-hydrogen) atoms. The lowest BCUT2D eigenvalue weighted by atomic mass is 10.2. The van der Waals surface area contributed by atoms with Gasteiger partial charge in [-0.25, -0.2) is 4.79 Å². The summed E-state index contributed by atoms with van der Waals surface area (Å²) >= 11 is 1.57. The summed E-state index contributed by atoms with van der Waals surface area (Å²) in [7, 11) is 0. The molecule has 1 aromatic heterocycles. The summed E-state index contributed by atoms with van der Waals surface area (Å²) in [6, 6.07) is 3.84. The van der Waals surface area contributed by atoms with Crippen LogP contribution in [0.4, 0.5) is 0 Å². The maximum Gasteiger partial charge on any atom is 0.332 e. The average molecular weight is 186 g/mol. The van der Waals surface area contributed by atoms with Crippen molar-refractivity contribution in [1.29, 1.82) is 0 Å². The van der Waals surface area contributed by atoms with Crippen molar-refractivity contribution in [3.8, 4) is 0 Å². The normalized spacial score (nSPS) is 12.8. The second kappa shape index (κ2) is 4.23. The fraction of sp³-hybridized carbons (Fsp3) is 0.375. The summed E-state index contributed by atoms with van der Waals surface area (Å²) in [4.78, 5) is 11.3. The molecule has 0 fully saturated rings. The van der Waals surface area contributed by atoms with E-state index in [1.54, 1.807) is 11.3 Å². The highest BCUT2D eigenvalue weighted by atomic mass is 32.1. The highest BCUT2D eigenvalue weighted by Crippen LogP contribution is 2.11. The number of carboxylic acids is 1. The van der Waals surface area contributed by atoms with Gasteiger partial charge in [0.2, 0.25) is 0 Å². The molecular formula is C8H10O3S. The van der Waals surface area contributed by atoms with Gasteiger partial charge in [-0.15, -0.1) is 11.3 Å². The second-order valence-corrected chi connectivity index (χ2v) is 3.50. The largest absolute Gasteiger partial charge is 0.479 e. The number of carboxylic acid groups (broad SMARTS) is 1. The van der Waals surface area contributed by atoms with Crippen molar-refractivity contribution in [2.24, 2.45) is 0 Å². The zero-order chi connectivity index (χ0) is 8.97. The van der Waals surface area contributed by atoms with Crippen LogP contribution in [0.1, 0.15) is 11.3 Å². The fourth-order valence-corrected chi connectivity index (χ4v) is 1.58. The van der Waals surface area contributed by atoms with Crippen LogP contribution in [0, 0.1) is 0 Å². The molecule has 1 aromatic rings. The third-order valence-corrected chi connectivity index (χ3v) is 2.47. The maximum atomic E-state index is 10.2. The summed E-state index contributed by atoms with van der Waals surface area (Å²) in [6.07, 6.45) is -0.312. The molecule has 66 valence electrons. The van der Waals surface area contributed by atoms with Crippen LogP contribution in [0.5, 0.6) is 0 Å². The fourth-order valence-electron chi connectivity index (χ4n) is 0.857. The lowest BCUT2D eigenvalue weighted by Gasteiger charge is -2.02. The monoisotopic (exact) mass is 186 g/mol. The van der Waals surface area contributed by atoms with Gasteiger partial charge in [0.15, 0.2) is 6.10 Å². The molecule has 2 N–H and O–H groups in total. The molecule has 0 aromatic carbocycles. The van der Waals surface area contributed by atoms with Crippen molar-refractivity contribution in [1.82, 2.24) is 0 Å². The van der Waals surface area contributed by atoms with Crippen molar-refractivity contribution in [2.45, 2.75) is 18.9 Å². The molecule has 0 amide bonds. The number of aliphatic carboxylic acids is 1. The summed E-state index contributed by atoms with van der Waals surface area (Å²) in [5.74, 6) is -1.15. The van der Waals surface area contributed by atoms with E-state index >= 15 is 0 Å². The topological polar surface area (TPSA) is 57.5 Å². The number of hydrogen-bond acceptors (Lipinski definition) is 3. The van der Waals surface area contributed by atoms with Crippen LogP contribution in [0.25, 0.3) is 0 Å². The van der Waals surface area contributed by atoms with Crippen LogP contribution >= 0.6 is 11.3 Å². The average Bonchev–Trinajstić information content (AvgIpc) is 2.51. The molecule has 0 saturated heterocycles. The van der Waals surface area contributed by atoms with Crippen molar-refractivity contribution in [3.63, 3.8) is 0 Å². The van der Waals surface area contributed by atoms with Crippen molar-refractivity contribution >= 4 is 17.3 Å². The smallest absolute Gasteiger partial charge is 0.332 e. The van der Waals surface area contributed by atoms with Crippen LogP contribution in [-0.2, 0) is 11.2 Å². The van der Waals surface area contributed by atoms with E-state index in [0.717, 1.165) is 4.88 Å². The Labute approximate surface area is 74.3 Å². The molecule has 1 unspecified atom stereocenters. The SMILES string of the molecule is O=C(O)C(O)CCc1cccs1. The van der Waals surface area contributed by atoms with Crippen molar-refractivity contribution < 1.29 is 15.0 Å². The summed E-state index contributed by atoms with van der Waals surface area (Å²) < 4.78 is 0. The lowest BCUT2D eigenvalue weighted by molar-refractivity contribution is -0.146. The van der Waals surface area contributed by atoms with Crippen LogP contribution < -0.4 is 0 Å². The van der Waals surface area contributed by atoms with Gasteiger partial charge in [0.25, 0.3) is 0 Å². The first-order valence-electron chi connectivity index (χ1n) is 3.63. The Hall–Kier alpha value is -0.870. The van der Waals surface area contributed by atoms with Crippen LogP contribution in [0.15, 0.2) is 17.5 Å². The zero-order valence-corrected chi connectivity index (χ0v) is 7.25. The first-order valence-corrected chi connectivity index (χ1v) is 4.51. The minimum Gasteiger partial charge on any atom is -0.479 e. The molecule has 0 saturated carbocycles. The van der Waals surface area contributed by atoms with E-state index in [-0.39, 0.29) is 6.42 Å². The number of thiophene rings is 1. The molecule has 0 radical (unpaired) electrons. The van der Waals surface area contributed by atoms with Gasteiger partial charge in [0.05, 0.1) is 0 Å². The van der Waals surface area contributed by atoms with Gasteiger partial charge in [-0.1, -0.05) is 6.07 Å². The molecule has 4 heteroatoms. The molecule has 1 atom stereocenters.